The molecule has 0 radical (unpaired) electrons. The first-order chi connectivity index (χ1) is 12.2. The lowest BCUT2D eigenvalue weighted by Gasteiger charge is -2.15. The molecule has 0 saturated carbocycles. The van der Waals surface area contributed by atoms with Crippen LogP contribution in [0.25, 0.3) is 0 Å². The molecule has 2 aromatic rings. The molecule has 0 saturated heterocycles. The molecule has 2 atom stereocenters. The number of ether oxygens (including phenoxy) is 2. The maximum Gasteiger partial charge on any atom is 0.303 e. The molecule has 3 rings (SSSR count). The molecule has 0 spiro atoms. The molecule has 8 heteroatoms. The van der Waals surface area contributed by atoms with Crippen molar-refractivity contribution in [1.29, 1.82) is 0 Å². The highest BCUT2D eigenvalue weighted by Gasteiger charge is 2.37. The lowest BCUT2D eigenvalue weighted by Crippen LogP contribution is -2.19. The van der Waals surface area contributed by atoms with Crippen LogP contribution in [0.3, 0.4) is 0 Å². The fourth-order valence-corrected chi connectivity index (χ4v) is 5.12. The van der Waals surface area contributed by atoms with Crippen molar-refractivity contribution in [1.82, 2.24) is 0 Å². The molecule has 0 aliphatic heterocycles. The van der Waals surface area contributed by atoms with Gasteiger partial charge in [-0.2, -0.15) is 0 Å². The highest BCUT2D eigenvalue weighted by Crippen LogP contribution is 2.41. The molecule has 0 fully saturated rings. The summed E-state index contributed by atoms with van der Waals surface area (Å²) in [6.07, 6.45) is -1.16. The number of fused-ring (bicyclic) bond motifs is 2. The average molecular weight is 392 g/mol. The van der Waals surface area contributed by atoms with E-state index >= 15 is 0 Å². The van der Waals surface area contributed by atoms with Gasteiger partial charge in [0.25, 0.3) is 0 Å². The van der Waals surface area contributed by atoms with Crippen molar-refractivity contribution in [2.24, 2.45) is 0 Å². The lowest BCUT2D eigenvalue weighted by molar-refractivity contribution is -0.146. The Morgan fingerprint density at radius 3 is 2.19 bits per heavy atom. The molecule has 2 heterocycles. The Morgan fingerprint density at radius 2 is 1.58 bits per heavy atom. The predicted octanol–water partition coefficient (Wildman–Crippen LogP) is 3.83. The first-order valence-corrected chi connectivity index (χ1v) is 9.59. The standard InChI is InChI=1S/C18H16O6S2/c1-7(23-9(3)19)12-6-25-18-14(12)15(21)11-5-13(8(2)24-10(4)20)26-17(11)16(18)22/h5-8H,1-4H3/t7-,8+/m1/s1. The SMILES string of the molecule is CC(=O)O[C@@H](C)c1cc2c(s1)C(=O)c1scc([C@@H](C)OC(C)=O)c1C2=O. The third kappa shape index (κ3) is 3.10. The summed E-state index contributed by atoms with van der Waals surface area (Å²) in [7, 11) is 0. The van der Waals surface area contributed by atoms with Crippen LogP contribution in [-0.2, 0) is 19.1 Å². The molecule has 6 nitrogen and oxygen atoms in total. The Kier molecular flexibility index (Phi) is 4.81. The van der Waals surface area contributed by atoms with Gasteiger partial charge >= 0.3 is 11.9 Å². The van der Waals surface area contributed by atoms with Gasteiger partial charge in [0.15, 0.2) is 5.78 Å². The van der Waals surface area contributed by atoms with E-state index in [2.05, 4.69) is 0 Å². The van der Waals surface area contributed by atoms with E-state index in [-0.39, 0.29) is 11.6 Å². The molecule has 0 N–H and O–H groups in total. The molecule has 0 amide bonds. The molecule has 1 aliphatic rings. The van der Waals surface area contributed by atoms with Crippen LogP contribution in [0.15, 0.2) is 11.4 Å². The third-order valence-corrected chi connectivity index (χ3v) is 6.27. The molecule has 0 bridgehead atoms. The Labute approximate surface area is 157 Å². The van der Waals surface area contributed by atoms with Crippen molar-refractivity contribution in [3.63, 3.8) is 0 Å². The maximum absolute atomic E-state index is 13.0. The van der Waals surface area contributed by atoms with E-state index < -0.39 is 24.1 Å². The number of hydrogen-bond donors (Lipinski definition) is 0. The van der Waals surface area contributed by atoms with E-state index in [9.17, 15) is 19.2 Å². The van der Waals surface area contributed by atoms with Crippen LogP contribution >= 0.6 is 22.7 Å². The molecular formula is C18H16O6S2. The predicted molar refractivity (Wildman–Crippen MR) is 95.9 cm³/mol. The average Bonchev–Trinajstić information content (AvgIpc) is 3.16. The number of carbonyl (C=O) groups is 4. The van der Waals surface area contributed by atoms with Gasteiger partial charge in [-0.1, -0.05) is 0 Å². The number of thiophene rings is 2. The van der Waals surface area contributed by atoms with E-state index in [1.165, 1.54) is 25.2 Å². The van der Waals surface area contributed by atoms with Crippen molar-refractivity contribution in [2.75, 3.05) is 0 Å². The molecule has 0 unspecified atom stereocenters. The van der Waals surface area contributed by atoms with E-state index in [1.807, 2.05) is 0 Å². The van der Waals surface area contributed by atoms with Crippen LogP contribution < -0.4 is 0 Å². The summed E-state index contributed by atoms with van der Waals surface area (Å²) in [6, 6.07) is 1.61. The van der Waals surface area contributed by atoms with Crippen LogP contribution in [0.2, 0.25) is 0 Å². The third-order valence-electron chi connectivity index (χ3n) is 3.98. The van der Waals surface area contributed by atoms with Gasteiger partial charge < -0.3 is 9.47 Å². The van der Waals surface area contributed by atoms with Gasteiger partial charge in [0.05, 0.1) is 15.3 Å². The van der Waals surface area contributed by atoms with Crippen LogP contribution in [0.1, 0.15) is 80.8 Å². The summed E-state index contributed by atoms with van der Waals surface area (Å²) in [5.41, 5.74) is 1.13. The van der Waals surface area contributed by atoms with Crippen molar-refractivity contribution < 1.29 is 28.7 Å². The number of esters is 2. The van der Waals surface area contributed by atoms with Crippen molar-refractivity contribution in [3.8, 4) is 0 Å². The smallest absolute Gasteiger partial charge is 0.303 e. The quantitative estimate of drug-likeness (QED) is 0.627. The van der Waals surface area contributed by atoms with Gasteiger partial charge in [0, 0.05) is 29.9 Å². The fraction of sp³-hybridized carbons (Fsp3) is 0.333. The summed E-state index contributed by atoms with van der Waals surface area (Å²) < 4.78 is 10.3. The second-order valence-corrected chi connectivity index (χ2v) is 7.91. The number of ketones is 2. The monoisotopic (exact) mass is 392 g/mol. The van der Waals surface area contributed by atoms with Gasteiger partial charge in [-0.25, -0.2) is 0 Å². The Morgan fingerprint density at radius 1 is 0.962 bits per heavy atom. The van der Waals surface area contributed by atoms with E-state index in [1.54, 1.807) is 25.3 Å². The number of hydrogen-bond acceptors (Lipinski definition) is 8. The highest BCUT2D eigenvalue weighted by molar-refractivity contribution is 7.18. The second kappa shape index (κ2) is 6.77. The topological polar surface area (TPSA) is 86.7 Å². The zero-order valence-electron chi connectivity index (χ0n) is 14.6. The molecule has 1 aliphatic carbocycles. The maximum atomic E-state index is 13.0. The van der Waals surface area contributed by atoms with Gasteiger partial charge in [0.2, 0.25) is 5.78 Å². The molecule has 26 heavy (non-hydrogen) atoms. The van der Waals surface area contributed by atoms with Crippen LogP contribution in [0.5, 0.6) is 0 Å². The zero-order valence-corrected chi connectivity index (χ0v) is 16.2. The summed E-state index contributed by atoms with van der Waals surface area (Å²) >= 11 is 2.33. The molecular weight excluding hydrogens is 376 g/mol. The van der Waals surface area contributed by atoms with Gasteiger partial charge in [-0.05, 0) is 25.3 Å². The van der Waals surface area contributed by atoms with E-state index in [0.717, 1.165) is 11.3 Å². The van der Waals surface area contributed by atoms with Crippen LogP contribution in [-0.4, -0.2) is 23.5 Å². The minimum absolute atomic E-state index is 0.229. The first-order valence-electron chi connectivity index (χ1n) is 7.89. The summed E-state index contributed by atoms with van der Waals surface area (Å²) in [6.45, 7) is 5.96. The van der Waals surface area contributed by atoms with Crippen LogP contribution in [0, 0.1) is 0 Å². The van der Waals surface area contributed by atoms with Crippen molar-refractivity contribution in [2.45, 2.75) is 39.9 Å². The van der Waals surface area contributed by atoms with Crippen molar-refractivity contribution >= 4 is 46.2 Å². The summed E-state index contributed by atoms with van der Waals surface area (Å²) in [5.74, 6) is -1.39. The van der Waals surface area contributed by atoms with Gasteiger partial charge in [0.1, 0.15) is 12.2 Å². The minimum atomic E-state index is -0.621. The van der Waals surface area contributed by atoms with Gasteiger partial charge in [-0.15, -0.1) is 22.7 Å². The molecule has 136 valence electrons. The number of carbonyl (C=O) groups excluding carboxylic acids is 4. The van der Waals surface area contributed by atoms with E-state index in [0.29, 0.717) is 31.3 Å². The summed E-state index contributed by atoms with van der Waals surface area (Å²) in [5, 5.41) is 1.69. The normalized spacial score (nSPS) is 15.1. The second-order valence-electron chi connectivity index (χ2n) is 5.95. The molecule has 0 aromatic carbocycles. The first kappa shape index (κ1) is 18.5. The summed E-state index contributed by atoms with van der Waals surface area (Å²) in [4.78, 5) is 49.5. The van der Waals surface area contributed by atoms with Crippen LogP contribution in [0.4, 0.5) is 0 Å². The zero-order chi connectivity index (χ0) is 19.2. The Bertz CT molecular complexity index is 932. The molecule has 2 aromatic heterocycles. The fourth-order valence-electron chi connectivity index (χ4n) is 2.88. The minimum Gasteiger partial charge on any atom is -0.458 e. The Hall–Kier alpha value is -2.32. The van der Waals surface area contributed by atoms with Gasteiger partial charge in [-0.3, -0.25) is 19.2 Å². The van der Waals surface area contributed by atoms with Crippen molar-refractivity contribution in [3.05, 3.63) is 42.8 Å². The largest absolute Gasteiger partial charge is 0.458 e. The number of rotatable bonds is 4. The highest BCUT2D eigenvalue weighted by atomic mass is 32.1. The van der Waals surface area contributed by atoms with E-state index in [4.69, 9.17) is 9.47 Å². The Balaban J connectivity index is 2.02. The lowest BCUT2D eigenvalue weighted by atomic mass is 9.91.